The maximum Gasteiger partial charge on any atom is 0.459 e. The molecule has 0 saturated carbocycles. The van der Waals surface area contributed by atoms with Crippen LogP contribution in [-0.2, 0) is 19.1 Å². The van der Waals surface area contributed by atoms with Crippen molar-refractivity contribution in [1.82, 2.24) is 24.9 Å². The van der Waals surface area contributed by atoms with Gasteiger partial charge in [0.1, 0.15) is 5.56 Å². The average molecular weight is 530 g/mol. The number of amides is 1. The summed E-state index contributed by atoms with van der Waals surface area (Å²) >= 11 is 6.05. The van der Waals surface area contributed by atoms with Crippen LogP contribution in [0.5, 0.6) is 0 Å². The van der Waals surface area contributed by atoms with Crippen LogP contribution in [0.2, 0.25) is 5.02 Å². The zero-order chi connectivity index (χ0) is 26.5. The molecule has 0 radical (unpaired) electrons. The Balaban J connectivity index is 2.14. The SMILES string of the molecule is CC(C)NC(=O)c1cc(-n2cc(-c3c(C(F)(F)F)c(C(F)(F)C(F)(F)F)nn3C)cn2)ccc1Cl. The summed E-state index contributed by atoms with van der Waals surface area (Å²) in [5.41, 5.74) is -6.02. The number of aryl methyl sites for hydroxylation is 1. The molecule has 6 nitrogen and oxygen atoms in total. The summed E-state index contributed by atoms with van der Waals surface area (Å²) in [5, 5.41) is 9.42. The predicted octanol–water partition coefficient (Wildman–Crippen LogP) is 5.74. The predicted molar refractivity (Wildman–Crippen MR) is 108 cm³/mol. The Bertz CT molecular complexity index is 1260. The van der Waals surface area contributed by atoms with Gasteiger partial charge < -0.3 is 5.32 Å². The lowest BCUT2D eigenvalue weighted by Crippen LogP contribution is -2.36. The highest BCUT2D eigenvalue weighted by molar-refractivity contribution is 6.33. The number of alkyl halides is 8. The van der Waals surface area contributed by atoms with Gasteiger partial charge in [-0.15, -0.1) is 0 Å². The Morgan fingerprint density at radius 2 is 1.71 bits per heavy atom. The molecule has 2 aromatic heterocycles. The molecule has 35 heavy (non-hydrogen) atoms. The van der Waals surface area contributed by atoms with Gasteiger partial charge in [0, 0.05) is 24.8 Å². The summed E-state index contributed by atoms with van der Waals surface area (Å²) < 4.78 is 109. The van der Waals surface area contributed by atoms with Crippen LogP contribution in [0, 0.1) is 0 Å². The zero-order valence-corrected chi connectivity index (χ0v) is 18.8. The maximum atomic E-state index is 13.9. The van der Waals surface area contributed by atoms with Gasteiger partial charge in [0.2, 0.25) is 0 Å². The number of aromatic nitrogens is 4. The first-order valence-electron chi connectivity index (χ1n) is 9.70. The zero-order valence-electron chi connectivity index (χ0n) is 18.1. The number of nitrogens with one attached hydrogen (secondary N) is 1. The largest absolute Gasteiger partial charge is 0.459 e. The Labute approximate surface area is 197 Å². The third-order valence-corrected chi connectivity index (χ3v) is 5.05. The number of rotatable bonds is 5. The van der Waals surface area contributed by atoms with E-state index in [1.165, 1.54) is 18.2 Å². The highest BCUT2D eigenvalue weighted by Gasteiger charge is 2.64. The van der Waals surface area contributed by atoms with Gasteiger partial charge in [0.25, 0.3) is 5.91 Å². The molecule has 15 heteroatoms. The summed E-state index contributed by atoms with van der Waals surface area (Å²) in [6.07, 6.45) is -10.1. The second-order valence-electron chi connectivity index (χ2n) is 7.73. The van der Waals surface area contributed by atoms with Gasteiger partial charge in [-0.05, 0) is 32.0 Å². The number of hydrogen-bond donors (Lipinski definition) is 1. The van der Waals surface area contributed by atoms with E-state index < -0.39 is 46.7 Å². The van der Waals surface area contributed by atoms with Crippen molar-refractivity contribution in [2.24, 2.45) is 7.05 Å². The molecule has 0 aliphatic rings. The molecule has 3 aromatic rings. The molecule has 0 bridgehead atoms. The van der Waals surface area contributed by atoms with Gasteiger partial charge in [-0.1, -0.05) is 11.6 Å². The first kappa shape index (κ1) is 26.4. The monoisotopic (exact) mass is 529 g/mol. The lowest BCUT2D eigenvalue weighted by atomic mass is 10.0. The highest BCUT2D eigenvalue weighted by Crippen LogP contribution is 2.50. The van der Waals surface area contributed by atoms with Crippen LogP contribution in [0.15, 0.2) is 30.6 Å². The van der Waals surface area contributed by atoms with Gasteiger partial charge in [0.05, 0.1) is 28.2 Å². The second-order valence-corrected chi connectivity index (χ2v) is 8.14. The fourth-order valence-electron chi connectivity index (χ4n) is 3.23. The number of carbonyl (C=O) groups is 1. The van der Waals surface area contributed by atoms with E-state index in [0.717, 1.165) is 24.1 Å². The smallest absolute Gasteiger partial charge is 0.350 e. The van der Waals surface area contributed by atoms with Crippen LogP contribution < -0.4 is 5.32 Å². The second kappa shape index (κ2) is 8.81. The summed E-state index contributed by atoms with van der Waals surface area (Å²) in [5.74, 6) is -6.40. The molecule has 0 aliphatic heterocycles. The van der Waals surface area contributed by atoms with Crippen LogP contribution in [0.3, 0.4) is 0 Å². The number of halogens is 9. The van der Waals surface area contributed by atoms with Crippen molar-refractivity contribution in [3.8, 4) is 16.9 Å². The van der Waals surface area contributed by atoms with Crippen molar-refractivity contribution in [2.45, 2.75) is 38.2 Å². The molecule has 1 N–H and O–H groups in total. The maximum absolute atomic E-state index is 13.9. The minimum Gasteiger partial charge on any atom is -0.350 e. The molecule has 2 heterocycles. The van der Waals surface area contributed by atoms with Crippen LogP contribution in [0.1, 0.15) is 35.5 Å². The standard InChI is InChI=1S/C20H16ClF8N5O/c1-9(2)31-17(35)12-6-11(4-5-13(12)21)34-8-10(7-30-34)15-14(19(24,25)26)16(32-33(15)3)18(22,23)20(27,28)29/h4-9H,1-3H3,(H,31,35). The quantitative estimate of drug-likeness (QED) is 0.429. The van der Waals surface area contributed by atoms with E-state index in [-0.39, 0.29) is 27.0 Å². The molecular weight excluding hydrogens is 514 g/mol. The topological polar surface area (TPSA) is 64.7 Å². The number of hydrogen-bond acceptors (Lipinski definition) is 3. The molecule has 0 fully saturated rings. The molecule has 190 valence electrons. The Morgan fingerprint density at radius 1 is 1.09 bits per heavy atom. The van der Waals surface area contributed by atoms with Crippen molar-refractivity contribution >= 4 is 17.5 Å². The van der Waals surface area contributed by atoms with Gasteiger partial charge >= 0.3 is 18.3 Å². The molecule has 0 atom stereocenters. The lowest BCUT2D eigenvalue weighted by molar-refractivity contribution is -0.292. The first-order valence-corrected chi connectivity index (χ1v) is 10.1. The normalized spacial score (nSPS) is 12.9. The third-order valence-electron chi connectivity index (χ3n) is 4.72. The molecule has 0 spiro atoms. The van der Waals surface area contributed by atoms with Crippen LogP contribution in [-0.4, -0.2) is 37.7 Å². The van der Waals surface area contributed by atoms with Gasteiger partial charge in [0.15, 0.2) is 5.69 Å². The third kappa shape index (κ3) is 4.97. The van der Waals surface area contributed by atoms with Crippen molar-refractivity contribution in [3.63, 3.8) is 0 Å². The molecule has 1 aromatic carbocycles. The Hall–Kier alpha value is -3.16. The van der Waals surface area contributed by atoms with E-state index in [1.54, 1.807) is 13.8 Å². The molecule has 1 amide bonds. The number of nitrogens with zero attached hydrogens (tertiary/aromatic N) is 4. The Morgan fingerprint density at radius 3 is 2.26 bits per heavy atom. The van der Waals surface area contributed by atoms with E-state index in [9.17, 15) is 39.9 Å². The minimum absolute atomic E-state index is 0.0264. The molecular formula is C20H16ClF8N5O. The minimum atomic E-state index is -6.31. The van der Waals surface area contributed by atoms with Crippen molar-refractivity contribution in [2.75, 3.05) is 0 Å². The number of benzene rings is 1. The van der Waals surface area contributed by atoms with Crippen molar-refractivity contribution in [3.05, 3.63) is 52.4 Å². The molecule has 0 unspecified atom stereocenters. The van der Waals surface area contributed by atoms with Gasteiger partial charge in [-0.2, -0.15) is 45.3 Å². The molecule has 0 aliphatic carbocycles. The van der Waals surface area contributed by atoms with E-state index in [1.807, 2.05) is 0 Å². The van der Waals surface area contributed by atoms with E-state index in [2.05, 4.69) is 15.5 Å². The average Bonchev–Trinajstić information content (AvgIpc) is 3.31. The first-order chi connectivity index (χ1) is 15.9. The van der Waals surface area contributed by atoms with Crippen molar-refractivity contribution < 1.29 is 39.9 Å². The summed E-state index contributed by atoms with van der Waals surface area (Å²) in [6, 6.07) is 3.77. The van der Waals surface area contributed by atoms with E-state index in [4.69, 9.17) is 11.6 Å². The van der Waals surface area contributed by atoms with Crippen LogP contribution >= 0.6 is 11.6 Å². The molecule has 0 saturated heterocycles. The fourth-order valence-corrected chi connectivity index (χ4v) is 3.44. The fraction of sp³-hybridized carbons (Fsp3) is 0.350. The van der Waals surface area contributed by atoms with Gasteiger partial charge in [-0.3, -0.25) is 9.48 Å². The highest BCUT2D eigenvalue weighted by atomic mass is 35.5. The lowest BCUT2D eigenvalue weighted by Gasteiger charge is -2.19. The van der Waals surface area contributed by atoms with Crippen LogP contribution in [0.25, 0.3) is 16.9 Å². The molecule has 3 rings (SSSR count). The van der Waals surface area contributed by atoms with Crippen LogP contribution in [0.4, 0.5) is 35.1 Å². The summed E-state index contributed by atoms with van der Waals surface area (Å²) in [6.45, 7) is 3.41. The number of carbonyl (C=O) groups excluding carboxylic acids is 1. The van der Waals surface area contributed by atoms with E-state index in [0.29, 0.717) is 0 Å². The summed E-state index contributed by atoms with van der Waals surface area (Å²) in [4.78, 5) is 12.3. The van der Waals surface area contributed by atoms with Gasteiger partial charge in [-0.25, -0.2) is 4.68 Å². The summed E-state index contributed by atoms with van der Waals surface area (Å²) in [7, 11) is 0.800. The van der Waals surface area contributed by atoms with E-state index >= 15 is 0 Å². The van der Waals surface area contributed by atoms with Crippen molar-refractivity contribution in [1.29, 1.82) is 0 Å². The Kier molecular flexibility index (Phi) is 6.65.